The van der Waals surface area contributed by atoms with Crippen LogP contribution in [0.2, 0.25) is 0 Å². The van der Waals surface area contributed by atoms with Crippen molar-refractivity contribution in [2.24, 2.45) is 50.2 Å². The van der Waals surface area contributed by atoms with E-state index in [0.717, 1.165) is 5.57 Å². The molecule has 0 aromatic carbocycles. The number of carboxylic acids is 1. The molecule has 11 rings (SSSR count). The Bertz CT molecular complexity index is 2780. The number of esters is 1. The predicted molar refractivity (Wildman–Crippen MR) is 313 cm³/mol. The molecule has 0 radical (unpaired) electrons. The van der Waals surface area contributed by atoms with Crippen LogP contribution in [0.3, 0.4) is 0 Å². The Morgan fingerprint density at radius 3 is 1.76 bits per heavy atom. The van der Waals surface area contributed by atoms with E-state index < -0.39 is 279 Å². The topological polar surface area (TPSA) is 529 Å². The summed E-state index contributed by atoms with van der Waals surface area (Å²) in [5.41, 5.74) is -8.12. The number of hydrogen-bond donors (Lipinski definition) is 19. The van der Waals surface area contributed by atoms with Gasteiger partial charge in [0.1, 0.15) is 121 Å². The van der Waals surface area contributed by atoms with Crippen molar-refractivity contribution < 1.29 is 163 Å². The number of ether oxygens (including phenoxy) is 12. The van der Waals surface area contributed by atoms with E-state index in [9.17, 15) is 102 Å². The molecule has 0 aromatic rings. The molecule has 33 heteroatoms. The van der Waals surface area contributed by atoms with Gasteiger partial charge in [0.15, 0.2) is 37.6 Å². The molecule has 0 aromatic heterocycles. The highest BCUT2D eigenvalue weighted by Crippen LogP contribution is 2.76. The molecule has 5 aliphatic carbocycles. The molecule has 11 aliphatic rings. The highest BCUT2D eigenvalue weighted by molar-refractivity contribution is 5.80. The molecule has 37 unspecified atom stereocenters. The molecule has 37 atom stereocenters. The number of aliphatic carboxylic acids is 1. The first kappa shape index (κ1) is 74.7. The third-order valence-electron chi connectivity index (χ3n) is 24.7. The van der Waals surface area contributed by atoms with Gasteiger partial charge < -0.3 is 154 Å². The van der Waals surface area contributed by atoms with Gasteiger partial charge in [-0.3, -0.25) is 9.59 Å². The van der Waals surface area contributed by atoms with Gasteiger partial charge in [-0.15, -0.1) is 0 Å². The van der Waals surface area contributed by atoms with Crippen LogP contribution in [0.5, 0.6) is 0 Å². The number of allylic oxidation sites excluding steroid dienone is 2. The monoisotopic (exact) mass is 1380 g/mol. The van der Waals surface area contributed by atoms with E-state index in [1.54, 1.807) is 0 Å². The maximum absolute atomic E-state index is 15.7. The Morgan fingerprint density at radius 2 is 1.12 bits per heavy atom. The van der Waals surface area contributed by atoms with E-state index in [1.165, 1.54) is 13.8 Å². The largest absolute Gasteiger partial charge is 0.481 e. The first-order valence-corrected chi connectivity index (χ1v) is 33.2. The van der Waals surface area contributed by atoms with Crippen molar-refractivity contribution in [2.75, 3.05) is 39.6 Å². The van der Waals surface area contributed by atoms with Gasteiger partial charge in [0, 0.05) is 0 Å². The van der Waals surface area contributed by atoms with Crippen LogP contribution >= 0.6 is 0 Å². The molecule has 96 heavy (non-hydrogen) atoms. The molecule has 6 heterocycles. The van der Waals surface area contributed by atoms with Gasteiger partial charge in [0.2, 0.25) is 6.29 Å². The first-order chi connectivity index (χ1) is 44.9. The molecular formula is C63H100O33. The fourth-order valence-electron chi connectivity index (χ4n) is 18.8. The zero-order valence-electron chi connectivity index (χ0n) is 54.6. The summed E-state index contributed by atoms with van der Waals surface area (Å²) in [5, 5.41) is 210. The van der Waals surface area contributed by atoms with Crippen molar-refractivity contribution in [3.8, 4) is 0 Å². The van der Waals surface area contributed by atoms with E-state index in [-0.39, 0.29) is 25.7 Å². The van der Waals surface area contributed by atoms with Gasteiger partial charge in [-0.2, -0.15) is 0 Å². The maximum atomic E-state index is 15.7. The van der Waals surface area contributed by atoms with Crippen molar-refractivity contribution in [1.82, 2.24) is 0 Å². The molecule has 0 amide bonds. The molecule has 0 bridgehead atoms. The molecule has 6 saturated heterocycles. The van der Waals surface area contributed by atoms with E-state index >= 15 is 4.79 Å². The van der Waals surface area contributed by atoms with Crippen LogP contribution in [0.4, 0.5) is 0 Å². The molecule has 19 N–H and O–H groups in total. The molecule has 4 saturated carbocycles. The Labute approximate surface area is 552 Å². The third kappa shape index (κ3) is 12.1. The minimum atomic E-state index is -2.21. The van der Waals surface area contributed by atoms with Crippen molar-refractivity contribution in [2.45, 2.75) is 277 Å². The van der Waals surface area contributed by atoms with Gasteiger partial charge in [0.05, 0.1) is 63.4 Å². The summed E-state index contributed by atoms with van der Waals surface area (Å²) >= 11 is 0. The summed E-state index contributed by atoms with van der Waals surface area (Å²) in [7, 11) is 0. The maximum Gasteiger partial charge on any atom is 0.317 e. The molecule has 10 fully saturated rings. The summed E-state index contributed by atoms with van der Waals surface area (Å²) in [6.45, 7) is 8.59. The van der Waals surface area contributed by atoms with Crippen LogP contribution in [-0.4, -0.2) is 326 Å². The van der Waals surface area contributed by atoms with Gasteiger partial charge in [-0.1, -0.05) is 46.3 Å². The lowest BCUT2D eigenvalue weighted by Crippen LogP contribution is -2.71. The molecule has 6 aliphatic heterocycles. The SMILES string of the molecule is CC1OC(OC2C(OC(=O)C34CCC(C)(C)CC3C3=CCC5C6(C)CC(O)C(OC7OC(CO)C(O)C(OC8OC(CO)C(O)C(O)C8O)C7O)C(C)(C(=O)O)C6CCC5(C)C3(C)CC4O)OCC(O)C2O)C(O)C(OC2OCC(O)(CO)C2O)C1OC1OCC(O)C(O)C1O. The van der Waals surface area contributed by atoms with Crippen LogP contribution in [0.25, 0.3) is 0 Å². The number of carboxylic acid groups (broad SMARTS) is 1. The lowest BCUT2D eigenvalue weighted by molar-refractivity contribution is -0.381. The number of fused-ring (bicyclic) bond motifs is 7. The lowest BCUT2D eigenvalue weighted by Gasteiger charge is -2.71. The van der Waals surface area contributed by atoms with Crippen molar-refractivity contribution in [3.05, 3.63) is 11.6 Å². The van der Waals surface area contributed by atoms with Gasteiger partial charge in [0.25, 0.3) is 0 Å². The van der Waals surface area contributed by atoms with Crippen LogP contribution in [0.15, 0.2) is 11.6 Å². The first-order valence-electron chi connectivity index (χ1n) is 33.2. The summed E-state index contributed by atoms with van der Waals surface area (Å²) in [6.07, 6.45) is -45.3. The Balaban J connectivity index is 0.846. The van der Waals surface area contributed by atoms with E-state index in [2.05, 4.69) is 13.0 Å². The van der Waals surface area contributed by atoms with Crippen LogP contribution in [0, 0.1) is 50.2 Å². The second kappa shape index (κ2) is 27.3. The quantitative estimate of drug-likeness (QED) is 0.0388. The summed E-state index contributed by atoms with van der Waals surface area (Å²) in [5.74, 6) is -4.18. The lowest BCUT2D eigenvalue weighted by atomic mass is 9.33. The number of carbonyl (C=O) groups excluding carboxylic acids is 1. The molecule has 33 nitrogen and oxygen atoms in total. The van der Waals surface area contributed by atoms with Crippen LogP contribution < -0.4 is 0 Å². The number of aliphatic hydroxyl groups excluding tert-OH is 17. The third-order valence-corrected chi connectivity index (χ3v) is 24.7. The Kier molecular flexibility index (Phi) is 21.2. The zero-order chi connectivity index (χ0) is 70.2. The standard InChI is InChI=1S/C63H100O33/c1-23-43(91-49-39(76)34(71)27(68)19-85-49)45(93-54-47(80)62(84,21-66)22-87-54)42(79)51(88-23)94-46-35(72)28(69)20-86-53(46)96-56(83)63-13-12-57(2,3)14-25(63)24-8-9-31-58(4)15-26(67)48(61(7,55(81)82)32(58)10-11-59(31,5)60(24,6)16-33(63)70)95-52-41(78)44(37(74)30(18-65)90-52)92-50-40(77)38(75)36(73)29(17-64)89-50/h8,23,25-54,64-80,84H,9-22H2,1-7H3,(H,81,82). The van der Waals surface area contributed by atoms with Crippen molar-refractivity contribution >= 4 is 11.9 Å². The van der Waals surface area contributed by atoms with Gasteiger partial charge >= 0.3 is 11.9 Å². The number of aliphatic hydroxyl groups is 18. The minimum absolute atomic E-state index is 0.0147. The molecule has 550 valence electrons. The van der Waals surface area contributed by atoms with E-state index in [0.29, 0.717) is 25.7 Å². The second-order valence-electron chi connectivity index (χ2n) is 30.7. The Hall–Kier alpha value is -2.48. The number of carbonyl (C=O) groups is 2. The predicted octanol–water partition coefficient (Wildman–Crippen LogP) is -6.43. The fraction of sp³-hybridized carbons (Fsp3) is 0.937. The minimum Gasteiger partial charge on any atom is -0.481 e. The van der Waals surface area contributed by atoms with Gasteiger partial charge in [-0.05, 0) is 105 Å². The van der Waals surface area contributed by atoms with Crippen molar-refractivity contribution in [1.29, 1.82) is 0 Å². The number of hydrogen-bond acceptors (Lipinski definition) is 32. The van der Waals surface area contributed by atoms with Crippen molar-refractivity contribution in [3.63, 3.8) is 0 Å². The fourth-order valence-corrected chi connectivity index (χ4v) is 18.8. The van der Waals surface area contributed by atoms with E-state index in [1.807, 2.05) is 27.7 Å². The van der Waals surface area contributed by atoms with Gasteiger partial charge in [-0.25, -0.2) is 0 Å². The Morgan fingerprint density at radius 1 is 0.552 bits per heavy atom. The number of rotatable bonds is 16. The van der Waals surface area contributed by atoms with Crippen LogP contribution in [-0.2, 0) is 66.4 Å². The van der Waals surface area contributed by atoms with E-state index in [4.69, 9.17) is 56.8 Å². The van der Waals surface area contributed by atoms with Crippen LogP contribution in [0.1, 0.15) is 99.8 Å². The molecule has 0 spiro atoms. The summed E-state index contributed by atoms with van der Waals surface area (Å²) < 4.78 is 71.1. The highest BCUT2D eigenvalue weighted by atomic mass is 16.8. The molecular weight excluding hydrogens is 1280 g/mol. The highest BCUT2D eigenvalue weighted by Gasteiger charge is 2.75. The smallest absolute Gasteiger partial charge is 0.317 e. The normalized spacial score (nSPS) is 55.0. The average Bonchev–Trinajstić information content (AvgIpc) is 0.736. The summed E-state index contributed by atoms with van der Waals surface area (Å²) in [6, 6.07) is 0. The average molecular weight is 1390 g/mol. The zero-order valence-corrected chi connectivity index (χ0v) is 54.6. The summed E-state index contributed by atoms with van der Waals surface area (Å²) in [4.78, 5) is 29.8. The second-order valence-corrected chi connectivity index (χ2v) is 30.7.